The Morgan fingerprint density at radius 1 is 1.27 bits per heavy atom. The third-order valence-electron chi connectivity index (χ3n) is 2.38. The Morgan fingerprint density at radius 3 is 2.80 bits per heavy atom. The van der Waals surface area contributed by atoms with Gasteiger partial charge >= 0.3 is 0 Å². The molecule has 15 heavy (non-hydrogen) atoms. The van der Waals surface area contributed by atoms with Crippen molar-refractivity contribution in [1.29, 1.82) is 0 Å². The molecule has 3 heteroatoms. The van der Waals surface area contributed by atoms with Gasteiger partial charge in [-0.1, -0.05) is 12.1 Å². The van der Waals surface area contributed by atoms with Gasteiger partial charge in [-0.15, -0.1) is 0 Å². The number of aromatic nitrogens is 2. The van der Waals surface area contributed by atoms with Crippen molar-refractivity contribution in [2.75, 3.05) is 0 Å². The zero-order valence-electron chi connectivity index (χ0n) is 8.64. The summed E-state index contributed by atoms with van der Waals surface area (Å²) < 4.78 is 0. The highest BCUT2D eigenvalue weighted by Crippen LogP contribution is 2.21. The predicted octanol–water partition coefficient (Wildman–Crippen LogP) is 1.91. The first kappa shape index (κ1) is 9.80. The van der Waals surface area contributed by atoms with Crippen LogP contribution in [0.2, 0.25) is 0 Å². The average molecular weight is 199 g/mol. The Balaban J connectivity index is 2.52. The maximum Gasteiger partial charge on any atom is 0.0887 e. The Labute approximate surface area is 89.0 Å². The zero-order chi connectivity index (χ0) is 10.7. The van der Waals surface area contributed by atoms with Crippen LogP contribution in [0.15, 0.2) is 36.8 Å². The van der Waals surface area contributed by atoms with Gasteiger partial charge in [0.25, 0.3) is 0 Å². The van der Waals surface area contributed by atoms with Gasteiger partial charge in [-0.05, 0) is 24.1 Å². The summed E-state index contributed by atoms with van der Waals surface area (Å²) in [6.45, 7) is 2.61. The van der Waals surface area contributed by atoms with Crippen LogP contribution in [0.3, 0.4) is 0 Å². The van der Waals surface area contributed by atoms with E-state index < -0.39 is 0 Å². The van der Waals surface area contributed by atoms with Crippen LogP contribution in [0.4, 0.5) is 0 Å². The van der Waals surface area contributed by atoms with Gasteiger partial charge in [0.1, 0.15) is 0 Å². The van der Waals surface area contributed by atoms with Gasteiger partial charge in [0.2, 0.25) is 0 Å². The molecule has 0 saturated heterocycles. The van der Waals surface area contributed by atoms with Crippen LogP contribution in [-0.2, 0) is 6.54 Å². The molecule has 1 aromatic heterocycles. The molecule has 0 aliphatic rings. The Morgan fingerprint density at radius 2 is 2.13 bits per heavy atom. The van der Waals surface area contributed by atoms with E-state index in [1.54, 1.807) is 18.6 Å². The number of nitrogens with zero attached hydrogens (tertiary/aromatic N) is 2. The molecule has 2 aromatic rings. The van der Waals surface area contributed by atoms with Gasteiger partial charge in [-0.2, -0.15) is 0 Å². The van der Waals surface area contributed by atoms with Gasteiger partial charge in [0, 0.05) is 24.5 Å². The van der Waals surface area contributed by atoms with Crippen LogP contribution in [-0.4, -0.2) is 9.97 Å². The maximum atomic E-state index is 5.61. The molecule has 1 heterocycles. The van der Waals surface area contributed by atoms with E-state index in [-0.39, 0.29) is 0 Å². The Hall–Kier alpha value is -1.74. The third-order valence-corrected chi connectivity index (χ3v) is 2.38. The van der Waals surface area contributed by atoms with E-state index in [4.69, 9.17) is 5.73 Å². The van der Waals surface area contributed by atoms with Crippen LogP contribution >= 0.6 is 0 Å². The molecule has 0 aliphatic heterocycles. The summed E-state index contributed by atoms with van der Waals surface area (Å²) in [6.07, 6.45) is 5.14. The normalized spacial score (nSPS) is 10.3. The highest BCUT2D eigenvalue weighted by molar-refractivity contribution is 5.63. The largest absolute Gasteiger partial charge is 0.326 e. The summed E-state index contributed by atoms with van der Waals surface area (Å²) in [5.74, 6) is 0. The monoisotopic (exact) mass is 199 g/mol. The van der Waals surface area contributed by atoms with Crippen LogP contribution in [0, 0.1) is 6.92 Å². The molecule has 0 amide bonds. The number of nitrogens with two attached hydrogens (primary N) is 1. The summed E-state index contributed by atoms with van der Waals surface area (Å²) in [5.41, 5.74) is 9.91. The van der Waals surface area contributed by atoms with Gasteiger partial charge in [-0.3, -0.25) is 9.97 Å². The predicted molar refractivity (Wildman–Crippen MR) is 60.1 cm³/mol. The number of hydrogen-bond donors (Lipinski definition) is 1. The second-order valence-electron chi connectivity index (χ2n) is 3.44. The van der Waals surface area contributed by atoms with Crippen LogP contribution in [0.25, 0.3) is 11.3 Å². The maximum absolute atomic E-state index is 5.61. The zero-order valence-corrected chi connectivity index (χ0v) is 8.64. The minimum absolute atomic E-state index is 0.549. The van der Waals surface area contributed by atoms with Gasteiger partial charge in [0.05, 0.1) is 11.9 Å². The van der Waals surface area contributed by atoms with Gasteiger partial charge in [-0.25, -0.2) is 0 Å². The fourth-order valence-corrected chi connectivity index (χ4v) is 1.51. The first-order valence-corrected chi connectivity index (χ1v) is 4.87. The molecule has 2 N–H and O–H groups in total. The second kappa shape index (κ2) is 4.19. The smallest absolute Gasteiger partial charge is 0.0887 e. The van der Waals surface area contributed by atoms with Crippen molar-refractivity contribution in [3.8, 4) is 11.3 Å². The lowest BCUT2D eigenvalue weighted by Crippen LogP contribution is -1.97. The molecule has 1 aromatic carbocycles. The lowest BCUT2D eigenvalue weighted by molar-refractivity contribution is 1.07. The SMILES string of the molecule is Cc1ccc(CN)cc1-c1cnccn1. The van der Waals surface area contributed by atoms with E-state index in [2.05, 4.69) is 29.0 Å². The molecule has 0 fully saturated rings. The summed E-state index contributed by atoms with van der Waals surface area (Å²) in [5, 5.41) is 0. The fourth-order valence-electron chi connectivity index (χ4n) is 1.51. The summed E-state index contributed by atoms with van der Waals surface area (Å²) >= 11 is 0. The van der Waals surface area contributed by atoms with Crippen molar-refractivity contribution in [3.63, 3.8) is 0 Å². The van der Waals surface area contributed by atoms with Crippen molar-refractivity contribution in [3.05, 3.63) is 47.9 Å². The lowest BCUT2D eigenvalue weighted by atomic mass is 10.0. The number of aryl methyl sites for hydroxylation is 1. The van der Waals surface area contributed by atoms with Gasteiger partial charge in [0.15, 0.2) is 0 Å². The number of hydrogen-bond acceptors (Lipinski definition) is 3. The Kier molecular flexibility index (Phi) is 2.74. The van der Waals surface area contributed by atoms with Gasteiger partial charge < -0.3 is 5.73 Å². The van der Waals surface area contributed by atoms with Crippen molar-refractivity contribution in [2.45, 2.75) is 13.5 Å². The van der Waals surface area contributed by atoms with E-state index in [1.165, 1.54) is 5.56 Å². The minimum atomic E-state index is 0.549. The van der Waals surface area contributed by atoms with Crippen molar-refractivity contribution < 1.29 is 0 Å². The van der Waals surface area contributed by atoms with E-state index in [0.717, 1.165) is 16.8 Å². The molecular formula is C12H13N3. The molecule has 0 aliphatic carbocycles. The molecule has 3 nitrogen and oxygen atoms in total. The minimum Gasteiger partial charge on any atom is -0.326 e. The van der Waals surface area contributed by atoms with Crippen molar-refractivity contribution in [1.82, 2.24) is 9.97 Å². The standard InChI is InChI=1S/C12H13N3/c1-9-2-3-10(7-13)6-11(9)12-8-14-4-5-15-12/h2-6,8H,7,13H2,1H3. The quantitative estimate of drug-likeness (QED) is 0.803. The highest BCUT2D eigenvalue weighted by atomic mass is 14.8. The molecule has 0 saturated carbocycles. The van der Waals surface area contributed by atoms with Crippen molar-refractivity contribution in [2.24, 2.45) is 5.73 Å². The highest BCUT2D eigenvalue weighted by Gasteiger charge is 2.03. The fraction of sp³-hybridized carbons (Fsp3) is 0.167. The second-order valence-corrected chi connectivity index (χ2v) is 3.44. The van der Waals surface area contributed by atoms with Crippen LogP contribution < -0.4 is 5.73 Å². The Bertz CT molecular complexity index is 452. The molecule has 76 valence electrons. The molecule has 2 rings (SSSR count). The molecule has 0 unspecified atom stereocenters. The summed E-state index contributed by atoms with van der Waals surface area (Å²) in [4.78, 5) is 8.35. The van der Waals surface area contributed by atoms with Crippen molar-refractivity contribution >= 4 is 0 Å². The van der Waals surface area contributed by atoms with E-state index >= 15 is 0 Å². The molecule has 0 radical (unpaired) electrons. The van der Waals surface area contributed by atoms with Crippen LogP contribution in [0.1, 0.15) is 11.1 Å². The average Bonchev–Trinajstić information content (AvgIpc) is 2.31. The first-order valence-electron chi connectivity index (χ1n) is 4.87. The van der Waals surface area contributed by atoms with E-state index in [0.29, 0.717) is 6.54 Å². The summed E-state index contributed by atoms with van der Waals surface area (Å²) in [7, 11) is 0. The summed E-state index contributed by atoms with van der Waals surface area (Å²) in [6, 6.07) is 6.17. The molecular weight excluding hydrogens is 186 g/mol. The molecule has 0 spiro atoms. The van der Waals surface area contributed by atoms with E-state index in [9.17, 15) is 0 Å². The molecule has 0 atom stereocenters. The van der Waals surface area contributed by atoms with Crippen LogP contribution in [0.5, 0.6) is 0 Å². The lowest BCUT2D eigenvalue weighted by Gasteiger charge is -2.06. The third kappa shape index (κ3) is 2.02. The number of rotatable bonds is 2. The first-order chi connectivity index (χ1) is 7.31. The topological polar surface area (TPSA) is 51.8 Å². The number of benzene rings is 1. The van der Waals surface area contributed by atoms with E-state index in [1.807, 2.05) is 6.07 Å². The molecule has 0 bridgehead atoms.